The highest BCUT2D eigenvalue weighted by atomic mass is 127. The van der Waals surface area contributed by atoms with Crippen molar-refractivity contribution in [3.8, 4) is 5.75 Å². The van der Waals surface area contributed by atoms with Crippen LogP contribution in [-0.4, -0.2) is 34.6 Å². The molecule has 0 heterocycles. The molecule has 1 aromatic carbocycles. The number of rotatable bonds is 8. The molecule has 0 spiro atoms. The second-order valence-corrected chi connectivity index (χ2v) is 12.8. The van der Waals surface area contributed by atoms with Crippen molar-refractivity contribution in [1.82, 2.24) is 0 Å². The number of carbonyl (C=O) groups excluding carboxylic acids is 1. The summed E-state index contributed by atoms with van der Waals surface area (Å²) in [5.74, 6) is 0.463. The fourth-order valence-electron chi connectivity index (χ4n) is 1.53. The van der Waals surface area contributed by atoms with Gasteiger partial charge < -0.3 is 14.2 Å². The van der Waals surface area contributed by atoms with Crippen LogP contribution in [0.4, 0.5) is 0 Å². The van der Waals surface area contributed by atoms with Crippen molar-refractivity contribution >= 4 is 42.7 Å². The van der Waals surface area contributed by atoms with Gasteiger partial charge in [0.25, 0.3) is 0 Å². The molecular formula is C16H23IO4Si. The van der Waals surface area contributed by atoms with Gasteiger partial charge in [-0.2, -0.15) is 0 Å². The summed E-state index contributed by atoms with van der Waals surface area (Å²) in [4.78, 5) is 11.7. The Kier molecular flexibility index (Phi) is 8.12. The number of hydrogen-bond acceptors (Lipinski definition) is 4. The normalized spacial score (nSPS) is 11.7. The predicted molar refractivity (Wildman–Crippen MR) is 99.8 cm³/mol. The minimum atomic E-state index is -1.16. The number of methoxy groups -OCH3 is 1. The quantitative estimate of drug-likeness (QED) is 0.203. The van der Waals surface area contributed by atoms with E-state index < -0.39 is 8.07 Å². The molecule has 0 aliphatic rings. The van der Waals surface area contributed by atoms with E-state index in [4.69, 9.17) is 14.2 Å². The largest absolute Gasteiger partial charge is 0.466 e. The Labute approximate surface area is 147 Å². The van der Waals surface area contributed by atoms with Crippen molar-refractivity contribution in [3.05, 3.63) is 33.4 Å². The van der Waals surface area contributed by atoms with Crippen LogP contribution in [-0.2, 0) is 14.3 Å². The van der Waals surface area contributed by atoms with E-state index in [0.717, 1.165) is 20.9 Å². The third-order valence-electron chi connectivity index (χ3n) is 2.80. The number of hydrogen-bond donors (Lipinski definition) is 0. The van der Waals surface area contributed by atoms with Gasteiger partial charge in [0, 0.05) is 21.3 Å². The van der Waals surface area contributed by atoms with E-state index in [2.05, 4.69) is 42.2 Å². The van der Waals surface area contributed by atoms with Gasteiger partial charge in [-0.1, -0.05) is 25.7 Å². The van der Waals surface area contributed by atoms with E-state index in [1.165, 1.54) is 6.08 Å². The molecule has 0 unspecified atom stereocenters. The average molecular weight is 434 g/mol. The molecule has 1 aromatic rings. The topological polar surface area (TPSA) is 44.8 Å². The van der Waals surface area contributed by atoms with Crippen molar-refractivity contribution in [2.75, 3.05) is 20.5 Å². The summed E-state index contributed by atoms with van der Waals surface area (Å²) in [5, 5.41) is 0. The smallest absolute Gasteiger partial charge is 0.330 e. The monoisotopic (exact) mass is 434 g/mol. The highest BCUT2D eigenvalue weighted by molar-refractivity contribution is 14.1. The van der Waals surface area contributed by atoms with Crippen molar-refractivity contribution in [1.29, 1.82) is 0 Å². The molecule has 0 aromatic heterocycles. The van der Waals surface area contributed by atoms with Gasteiger partial charge in [0.2, 0.25) is 0 Å². The lowest BCUT2D eigenvalue weighted by Gasteiger charge is -2.14. The summed E-state index contributed by atoms with van der Waals surface area (Å²) in [6.45, 7) is 7.48. The van der Waals surface area contributed by atoms with Crippen LogP contribution in [0.3, 0.4) is 0 Å². The van der Waals surface area contributed by atoms with Gasteiger partial charge in [-0.05, 0) is 52.4 Å². The number of esters is 1. The Morgan fingerprint density at radius 3 is 2.64 bits per heavy atom. The molecule has 0 radical (unpaired) electrons. The first-order valence-corrected chi connectivity index (χ1v) is 11.9. The second kappa shape index (κ2) is 9.31. The van der Waals surface area contributed by atoms with Gasteiger partial charge in [0.15, 0.2) is 6.79 Å². The number of halogens is 1. The Morgan fingerprint density at radius 2 is 2.05 bits per heavy atom. The summed E-state index contributed by atoms with van der Waals surface area (Å²) < 4.78 is 16.5. The van der Waals surface area contributed by atoms with E-state index in [1.807, 2.05) is 18.2 Å². The number of ether oxygens (including phenoxy) is 3. The summed E-state index contributed by atoms with van der Waals surface area (Å²) >= 11 is 2.19. The van der Waals surface area contributed by atoms with Crippen LogP contribution < -0.4 is 4.74 Å². The zero-order valence-electron chi connectivity index (χ0n) is 13.5. The minimum Gasteiger partial charge on any atom is -0.466 e. The van der Waals surface area contributed by atoms with E-state index in [0.29, 0.717) is 6.61 Å². The van der Waals surface area contributed by atoms with Crippen molar-refractivity contribution in [2.24, 2.45) is 0 Å². The Hall–Kier alpha value is -0.863. The number of carbonyl (C=O) groups is 1. The van der Waals surface area contributed by atoms with Crippen LogP contribution in [0.2, 0.25) is 25.7 Å². The molecule has 0 bridgehead atoms. The molecule has 0 saturated heterocycles. The summed E-state index contributed by atoms with van der Waals surface area (Å²) in [6.07, 6.45) is 3.21. The van der Waals surface area contributed by atoms with Crippen molar-refractivity contribution in [3.63, 3.8) is 0 Å². The summed E-state index contributed by atoms with van der Waals surface area (Å²) in [5.41, 5.74) is 0.927. The van der Waals surface area contributed by atoms with Gasteiger partial charge in [0.1, 0.15) is 5.75 Å². The van der Waals surface area contributed by atoms with Crippen molar-refractivity contribution < 1.29 is 19.0 Å². The number of benzene rings is 1. The first-order chi connectivity index (χ1) is 10.3. The summed E-state index contributed by atoms with van der Waals surface area (Å²) in [6, 6.07) is 6.67. The Morgan fingerprint density at radius 1 is 1.32 bits per heavy atom. The molecule has 0 N–H and O–H groups in total. The SMILES string of the molecule is COCOc1ccc(/C=C\C(=O)OCC[Si](C)(C)C)cc1I. The molecule has 0 amide bonds. The molecule has 0 aliphatic heterocycles. The fourth-order valence-corrected chi connectivity index (χ4v) is 2.94. The minimum absolute atomic E-state index is 0.217. The predicted octanol–water partition coefficient (Wildman–Crippen LogP) is 4.17. The zero-order chi connectivity index (χ0) is 16.6. The lowest BCUT2D eigenvalue weighted by molar-refractivity contribution is -0.137. The maximum atomic E-state index is 11.7. The maximum Gasteiger partial charge on any atom is 0.330 e. The van der Waals surface area contributed by atoms with Crippen LogP contribution in [0.5, 0.6) is 5.75 Å². The first-order valence-electron chi connectivity index (χ1n) is 7.08. The molecule has 1 rings (SSSR count). The van der Waals surface area contributed by atoms with E-state index in [-0.39, 0.29) is 12.8 Å². The summed E-state index contributed by atoms with van der Waals surface area (Å²) in [7, 11) is 0.419. The van der Waals surface area contributed by atoms with Gasteiger partial charge in [-0.25, -0.2) is 4.79 Å². The highest BCUT2D eigenvalue weighted by Crippen LogP contribution is 2.22. The molecule has 0 saturated carbocycles. The third-order valence-corrected chi connectivity index (χ3v) is 5.34. The lowest BCUT2D eigenvalue weighted by Crippen LogP contribution is -2.22. The van der Waals surface area contributed by atoms with Gasteiger partial charge in [0.05, 0.1) is 10.2 Å². The molecule has 4 nitrogen and oxygen atoms in total. The van der Waals surface area contributed by atoms with Crippen LogP contribution in [0.1, 0.15) is 5.56 Å². The van der Waals surface area contributed by atoms with Crippen LogP contribution >= 0.6 is 22.6 Å². The van der Waals surface area contributed by atoms with E-state index in [1.54, 1.807) is 13.2 Å². The molecule has 6 heteroatoms. The van der Waals surface area contributed by atoms with Crippen LogP contribution in [0.25, 0.3) is 6.08 Å². The van der Waals surface area contributed by atoms with Gasteiger partial charge >= 0.3 is 5.97 Å². The Balaban J connectivity index is 2.52. The van der Waals surface area contributed by atoms with E-state index >= 15 is 0 Å². The lowest BCUT2D eigenvalue weighted by atomic mass is 10.2. The molecule has 0 atom stereocenters. The Bertz CT molecular complexity index is 523. The first kappa shape index (κ1) is 19.2. The fraction of sp³-hybridized carbons (Fsp3) is 0.438. The van der Waals surface area contributed by atoms with E-state index in [9.17, 15) is 4.79 Å². The molecule has 0 fully saturated rings. The molecule has 122 valence electrons. The van der Waals surface area contributed by atoms with Crippen molar-refractivity contribution in [2.45, 2.75) is 25.7 Å². The van der Waals surface area contributed by atoms with Gasteiger partial charge in [-0.15, -0.1) is 0 Å². The standard InChI is InChI=1S/C16H23IO4Si/c1-19-12-21-15-7-5-13(11-14(15)17)6-8-16(18)20-9-10-22(2,3)4/h5-8,11H,9-10,12H2,1-4H3/b8-6-. The molecule has 22 heavy (non-hydrogen) atoms. The molecule has 0 aliphatic carbocycles. The van der Waals surface area contributed by atoms with Gasteiger partial charge in [-0.3, -0.25) is 0 Å². The second-order valence-electron chi connectivity index (χ2n) is 6.05. The maximum absolute atomic E-state index is 11.7. The highest BCUT2D eigenvalue weighted by Gasteiger charge is 2.13. The zero-order valence-corrected chi connectivity index (χ0v) is 16.7. The van der Waals surface area contributed by atoms with Crippen LogP contribution in [0.15, 0.2) is 24.3 Å². The van der Waals surface area contributed by atoms with Crippen LogP contribution in [0, 0.1) is 3.57 Å². The third kappa shape index (κ3) is 7.95. The average Bonchev–Trinajstić information content (AvgIpc) is 2.42. The molecular weight excluding hydrogens is 411 g/mol.